The molecule has 0 fully saturated rings. The molecule has 1 aromatic heterocycles. The van der Waals surface area contributed by atoms with Crippen LogP contribution in [-0.4, -0.2) is 11.3 Å². The normalized spacial score (nSPS) is 13.8. The van der Waals surface area contributed by atoms with Gasteiger partial charge in [-0.05, 0) is 127 Å². The minimum absolute atomic E-state index is 0.00536. The third-order valence-corrected chi connectivity index (χ3v) is 13.9. The van der Waals surface area contributed by atoms with E-state index < -0.39 is 0 Å². The molecule has 2 aliphatic rings. The summed E-state index contributed by atoms with van der Waals surface area (Å²) in [7, 11) is 2.22. The summed E-state index contributed by atoms with van der Waals surface area (Å²) in [5, 5.41) is 2.46. The predicted octanol–water partition coefficient (Wildman–Crippen LogP) is 14.4. The lowest BCUT2D eigenvalue weighted by atomic mass is 9.34. The minimum Gasteiger partial charge on any atom is -0.458 e. The number of rotatable bonds is 4. The fourth-order valence-corrected chi connectivity index (χ4v) is 10.1. The van der Waals surface area contributed by atoms with E-state index in [9.17, 15) is 0 Å². The lowest BCUT2D eigenvalue weighted by Crippen LogP contribution is -2.59. The molecule has 0 N–H and O–H groups in total. The average molecular weight is 840 g/mol. The van der Waals surface area contributed by atoms with Gasteiger partial charge < -0.3 is 19.1 Å². The SMILES string of the molecule is Cn1c2ccccc2c2c(N(c3ccc(C(C)(C)C)cc3)c3ccc(C(C)(C)C)cc3)cc(N3c4ccc(C(C)(C)C)cc4B4c5cc(C(C)(C)C)ccc5Oc5cccc3c54)cc21. The van der Waals surface area contributed by atoms with E-state index in [4.69, 9.17) is 4.74 Å². The number of aryl methyl sites for hydroxylation is 1. The summed E-state index contributed by atoms with van der Waals surface area (Å²) < 4.78 is 9.30. The topological polar surface area (TPSA) is 20.6 Å². The highest BCUT2D eigenvalue weighted by Crippen LogP contribution is 2.49. The fourth-order valence-electron chi connectivity index (χ4n) is 10.1. The van der Waals surface area contributed by atoms with Crippen molar-refractivity contribution < 1.29 is 4.74 Å². The summed E-state index contributed by atoms with van der Waals surface area (Å²) in [6, 6.07) is 52.9. The number of benzene rings is 7. The molecule has 0 saturated heterocycles. The van der Waals surface area contributed by atoms with E-state index in [0.29, 0.717) is 0 Å². The van der Waals surface area contributed by atoms with Gasteiger partial charge in [-0.25, -0.2) is 0 Å². The number of para-hydroxylation sites is 1. The Kier molecular flexibility index (Phi) is 9.41. The molecule has 10 rings (SSSR count). The van der Waals surface area contributed by atoms with Crippen molar-refractivity contribution in [1.82, 2.24) is 4.57 Å². The highest BCUT2D eigenvalue weighted by Gasteiger charge is 2.43. The predicted molar refractivity (Wildman–Crippen MR) is 276 cm³/mol. The van der Waals surface area contributed by atoms with Gasteiger partial charge in [-0.2, -0.15) is 0 Å². The van der Waals surface area contributed by atoms with Crippen LogP contribution < -0.4 is 30.9 Å². The van der Waals surface area contributed by atoms with Gasteiger partial charge in [-0.15, -0.1) is 0 Å². The second kappa shape index (κ2) is 14.4. The van der Waals surface area contributed by atoms with Crippen LogP contribution in [0.1, 0.15) is 105 Å². The Balaban J connectivity index is 1.28. The maximum absolute atomic E-state index is 6.92. The van der Waals surface area contributed by atoms with Gasteiger partial charge in [0.1, 0.15) is 11.5 Å². The summed E-state index contributed by atoms with van der Waals surface area (Å²) in [6.07, 6.45) is 0. The number of hydrogen-bond acceptors (Lipinski definition) is 3. The Bertz CT molecular complexity index is 3070. The van der Waals surface area contributed by atoms with E-state index in [-0.39, 0.29) is 28.4 Å². The Morgan fingerprint density at radius 1 is 0.469 bits per heavy atom. The Labute approximate surface area is 381 Å². The first kappa shape index (κ1) is 41.8. The molecule has 0 amide bonds. The molecular formula is C59H62BN3O. The van der Waals surface area contributed by atoms with Crippen molar-refractivity contribution in [3.63, 3.8) is 0 Å². The monoisotopic (exact) mass is 839 g/mol. The maximum Gasteiger partial charge on any atom is 0.256 e. The molecule has 0 aliphatic carbocycles. The van der Waals surface area contributed by atoms with E-state index in [1.165, 1.54) is 66.1 Å². The zero-order valence-corrected chi connectivity index (χ0v) is 40.1. The van der Waals surface area contributed by atoms with Gasteiger partial charge in [-0.1, -0.05) is 156 Å². The molecule has 0 bridgehead atoms. The van der Waals surface area contributed by atoms with E-state index in [1.54, 1.807) is 0 Å². The zero-order valence-electron chi connectivity index (χ0n) is 40.1. The summed E-state index contributed by atoms with van der Waals surface area (Å²) in [6.45, 7) is 27.6. The smallest absolute Gasteiger partial charge is 0.256 e. The van der Waals surface area contributed by atoms with Gasteiger partial charge >= 0.3 is 0 Å². The summed E-state index contributed by atoms with van der Waals surface area (Å²) in [5.41, 5.74) is 18.2. The van der Waals surface area contributed by atoms with E-state index in [0.717, 1.165) is 39.9 Å². The molecule has 0 unspecified atom stereocenters. The summed E-state index contributed by atoms with van der Waals surface area (Å²) in [4.78, 5) is 5.00. The van der Waals surface area contributed by atoms with Crippen LogP contribution in [0.15, 0.2) is 140 Å². The van der Waals surface area contributed by atoms with Crippen molar-refractivity contribution in [3.05, 3.63) is 162 Å². The van der Waals surface area contributed by atoms with Gasteiger partial charge in [0, 0.05) is 46.1 Å². The lowest BCUT2D eigenvalue weighted by Gasteiger charge is -2.41. The quantitative estimate of drug-likeness (QED) is 0.165. The zero-order chi connectivity index (χ0) is 45.2. The van der Waals surface area contributed by atoms with Crippen molar-refractivity contribution >= 4 is 79.0 Å². The summed E-state index contributed by atoms with van der Waals surface area (Å²) >= 11 is 0. The van der Waals surface area contributed by atoms with Crippen LogP contribution in [0, 0.1) is 0 Å². The number of nitrogens with zero attached hydrogens (tertiary/aromatic N) is 3. The van der Waals surface area contributed by atoms with Crippen LogP contribution >= 0.6 is 0 Å². The molecule has 322 valence electrons. The van der Waals surface area contributed by atoms with E-state index >= 15 is 0 Å². The first-order valence-corrected chi connectivity index (χ1v) is 23.1. The lowest BCUT2D eigenvalue weighted by molar-refractivity contribution is 0.486. The van der Waals surface area contributed by atoms with Gasteiger partial charge in [-0.3, -0.25) is 0 Å². The van der Waals surface area contributed by atoms with Crippen LogP contribution in [0.2, 0.25) is 0 Å². The molecule has 0 atom stereocenters. The van der Waals surface area contributed by atoms with Crippen molar-refractivity contribution in [2.45, 2.75) is 105 Å². The van der Waals surface area contributed by atoms with Crippen molar-refractivity contribution in [1.29, 1.82) is 0 Å². The molecule has 0 spiro atoms. The second-order valence-corrected chi connectivity index (χ2v) is 22.4. The molecule has 0 radical (unpaired) electrons. The summed E-state index contributed by atoms with van der Waals surface area (Å²) in [5.74, 6) is 1.86. The first-order chi connectivity index (χ1) is 30.2. The molecule has 7 aromatic carbocycles. The molecule has 64 heavy (non-hydrogen) atoms. The van der Waals surface area contributed by atoms with Gasteiger partial charge in [0.25, 0.3) is 6.71 Å². The Hall–Kier alpha value is -6.20. The molecule has 4 nitrogen and oxygen atoms in total. The fraction of sp³-hybridized carbons (Fsp3) is 0.288. The van der Waals surface area contributed by atoms with Gasteiger partial charge in [0.15, 0.2) is 0 Å². The van der Waals surface area contributed by atoms with Crippen LogP contribution in [0.5, 0.6) is 11.5 Å². The number of fused-ring (bicyclic) bond motifs is 7. The Morgan fingerprint density at radius 2 is 1.02 bits per heavy atom. The van der Waals surface area contributed by atoms with E-state index in [1.807, 2.05) is 0 Å². The Morgan fingerprint density at radius 3 is 1.61 bits per heavy atom. The standard InChI is InChI=1S/C59H62BN3O/c1-56(2,3)37-21-27-41(28-22-37)62(42-29-23-38(24-30-42)57(4,5)6)51-36-43(35-50-54(51)44-17-14-15-18-47(44)61(50)13)63-48-31-25-39(58(7,8)9)33-45(48)60-46-34-40(59(10,11)12)26-32-52(46)64-53-20-16-19-49(63)55(53)60/h14-36H,1-13H3. The molecule has 5 heteroatoms. The molecular weight excluding hydrogens is 777 g/mol. The molecule has 2 aliphatic heterocycles. The van der Waals surface area contributed by atoms with Crippen LogP contribution in [-0.2, 0) is 28.7 Å². The van der Waals surface area contributed by atoms with Crippen molar-refractivity contribution in [2.24, 2.45) is 7.05 Å². The second-order valence-electron chi connectivity index (χ2n) is 22.4. The molecule has 0 saturated carbocycles. The van der Waals surface area contributed by atoms with Crippen molar-refractivity contribution in [3.8, 4) is 11.5 Å². The first-order valence-electron chi connectivity index (χ1n) is 23.1. The van der Waals surface area contributed by atoms with Gasteiger partial charge in [0.2, 0.25) is 0 Å². The van der Waals surface area contributed by atoms with Gasteiger partial charge in [0.05, 0.1) is 16.9 Å². The minimum atomic E-state index is -0.0400. The third kappa shape index (κ3) is 6.82. The van der Waals surface area contributed by atoms with Crippen molar-refractivity contribution in [2.75, 3.05) is 9.80 Å². The third-order valence-electron chi connectivity index (χ3n) is 13.9. The number of aromatic nitrogens is 1. The highest BCUT2D eigenvalue weighted by molar-refractivity contribution is 6.99. The number of anilines is 6. The molecule has 8 aromatic rings. The largest absolute Gasteiger partial charge is 0.458 e. The van der Waals surface area contributed by atoms with Crippen LogP contribution in [0.25, 0.3) is 21.8 Å². The van der Waals surface area contributed by atoms with E-state index in [2.05, 4.69) is 244 Å². The average Bonchev–Trinajstić information content (AvgIpc) is 3.53. The number of ether oxygens (including phenoxy) is 1. The molecule has 3 heterocycles. The van der Waals surface area contributed by atoms with Crippen LogP contribution in [0.4, 0.5) is 34.1 Å². The number of hydrogen-bond donors (Lipinski definition) is 0. The highest BCUT2D eigenvalue weighted by atomic mass is 16.5. The maximum atomic E-state index is 6.92. The van der Waals surface area contributed by atoms with Crippen LogP contribution in [0.3, 0.4) is 0 Å².